The van der Waals surface area contributed by atoms with Gasteiger partial charge in [0.05, 0.1) is 25.2 Å². The second-order valence-corrected chi connectivity index (χ2v) is 21.5. The Morgan fingerprint density at radius 2 is 0.547 bits per heavy atom. The van der Waals surface area contributed by atoms with Gasteiger partial charge in [0.25, 0.3) is 0 Å². The lowest BCUT2D eigenvalue weighted by atomic mass is 9.55. The number of aliphatic hydroxyl groups is 4. The fraction of sp³-hybridized carbons (Fsp3) is 0.707. The number of hydrogen-bond acceptors (Lipinski definition) is 10. The number of rotatable bonds is 6. The molecule has 0 atom stereocenters. The third-order valence-electron chi connectivity index (χ3n) is 9.64. The molecule has 0 bridgehead atoms. The lowest BCUT2D eigenvalue weighted by Crippen LogP contribution is -2.57. The van der Waals surface area contributed by atoms with E-state index in [1.54, 1.807) is 0 Å². The van der Waals surface area contributed by atoms with Crippen molar-refractivity contribution in [1.82, 2.24) is 0 Å². The average Bonchev–Trinajstić information content (AvgIpc) is 2.93. The summed E-state index contributed by atoms with van der Waals surface area (Å²) in [7, 11) is -5.24. The predicted molar refractivity (Wildman–Crippen MR) is 219 cm³/mol. The van der Waals surface area contributed by atoms with Crippen molar-refractivity contribution in [3.8, 4) is 0 Å². The van der Waals surface area contributed by atoms with Crippen molar-refractivity contribution in [2.45, 2.75) is 163 Å². The third kappa shape index (κ3) is 13.0. The van der Waals surface area contributed by atoms with Gasteiger partial charge in [-0.2, -0.15) is 0 Å². The fourth-order valence-corrected chi connectivity index (χ4v) is 6.44. The van der Waals surface area contributed by atoms with Gasteiger partial charge in [0, 0.05) is 0 Å². The monoisotopic (exact) mass is 788 g/mol. The van der Waals surface area contributed by atoms with E-state index in [9.17, 15) is 20.4 Å². The topological polar surface area (TPSA) is 202 Å². The molecule has 0 aliphatic carbocycles. The molecular weight excluding hydrogens is 714 g/mol. The van der Waals surface area contributed by atoms with Gasteiger partial charge in [-0.1, -0.05) is 149 Å². The summed E-state index contributed by atoms with van der Waals surface area (Å²) in [5, 5.41) is 48.0. The molecule has 0 aromatic heterocycles. The maximum Gasteiger partial charge on any atom is 0.324 e. The predicted octanol–water partition coefficient (Wildman–Crippen LogP) is 7.05. The van der Waals surface area contributed by atoms with Gasteiger partial charge in [0.2, 0.25) is 0 Å². The SMILES string of the molecule is CC(C)(C)c1cc(C(C)(C)C)c(C(O)(c2c(C(C)(C)C)cc(C(C)(C)C)cc2C(C)(C)C)C(CO)(CO)CO)c(C(C)(C)C)c1.OP(O)O.OP(O)O. The van der Waals surface area contributed by atoms with Crippen molar-refractivity contribution < 1.29 is 49.8 Å². The van der Waals surface area contributed by atoms with E-state index in [4.69, 9.17) is 29.4 Å². The summed E-state index contributed by atoms with van der Waals surface area (Å²) in [4.78, 5) is 43.4. The molecule has 0 saturated heterocycles. The largest absolute Gasteiger partial charge is 0.395 e. The van der Waals surface area contributed by atoms with Crippen LogP contribution in [-0.2, 0) is 38.1 Å². The molecule has 0 amide bonds. The average molecular weight is 789 g/mol. The first-order chi connectivity index (χ1) is 23.3. The van der Waals surface area contributed by atoms with Gasteiger partial charge >= 0.3 is 17.2 Å². The molecule has 53 heavy (non-hydrogen) atoms. The highest BCUT2D eigenvalue weighted by Gasteiger charge is 2.58. The molecule has 0 unspecified atom stereocenters. The van der Waals surface area contributed by atoms with Crippen molar-refractivity contribution >= 4 is 17.2 Å². The van der Waals surface area contributed by atoms with Gasteiger partial charge in [-0.25, -0.2) is 0 Å². The van der Waals surface area contributed by atoms with Crippen LogP contribution in [-0.4, -0.2) is 69.6 Å². The number of benzene rings is 2. The molecule has 0 saturated carbocycles. The Hall–Kier alpha value is -1.10. The summed E-state index contributed by atoms with van der Waals surface area (Å²) in [5.74, 6) is 0. The van der Waals surface area contributed by atoms with Crippen LogP contribution in [0.5, 0.6) is 0 Å². The summed E-state index contributed by atoms with van der Waals surface area (Å²) >= 11 is 0. The van der Waals surface area contributed by atoms with Gasteiger partial charge in [-0.3, -0.25) is 0 Å². The lowest BCUT2D eigenvalue weighted by molar-refractivity contribution is -0.138. The lowest BCUT2D eigenvalue weighted by Gasteiger charge is -2.52. The van der Waals surface area contributed by atoms with E-state index in [1.807, 2.05) is 0 Å². The van der Waals surface area contributed by atoms with Gasteiger partial charge in [0.15, 0.2) is 0 Å². The first kappa shape index (κ1) is 51.9. The van der Waals surface area contributed by atoms with Crippen LogP contribution < -0.4 is 0 Å². The van der Waals surface area contributed by atoms with E-state index in [-0.39, 0.29) is 10.8 Å². The van der Waals surface area contributed by atoms with Gasteiger partial charge in [0.1, 0.15) is 5.60 Å². The number of aliphatic hydroxyl groups excluding tert-OH is 3. The first-order valence-electron chi connectivity index (χ1n) is 18.0. The molecular formula is C41H74O10P2. The van der Waals surface area contributed by atoms with Crippen molar-refractivity contribution in [3.05, 3.63) is 68.8 Å². The summed E-state index contributed by atoms with van der Waals surface area (Å²) in [6, 6.07) is 8.85. The molecule has 2 aromatic carbocycles. The van der Waals surface area contributed by atoms with Gasteiger partial charge < -0.3 is 49.8 Å². The zero-order valence-corrected chi connectivity index (χ0v) is 37.6. The summed E-state index contributed by atoms with van der Waals surface area (Å²) in [6.07, 6.45) is 0. The van der Waals surface area contributed by atoms with Crippen LogP contribution in [0.25, 0.3) is 0 Å². The molecule has 0 fully saturated rings. The van der Waals surface area contributed by atoms with Crippen molar-refractivity contribution in [2.75, 3.05) is 19.8 Å². The molecule has 0 aliphatic rings. The Labute approximate surface area is 323 Å². The maximum atomic E-state index is 14.1. The maximum absolute atomic E-state index is 14.1. The van der Waals surface area contributed by atoms with E-state index < -0.39 is 69.7 Å². The van der Waals surface area contributed by atoms with E-state index in [0.29, 0.717) is 11.1 Å². The molecule has 0 aliphatic heterocycles. The zero-order chi connectivity index (χ0) is 42.7. The molecule has 308 valence electrons. The van der Waals surface area contributed by atoms with Crippen LogP contribution in [0.1, 0.15) is 169 Å². The Morgan fingerprint density at radius 3 is 0.660 bits per heavy atom. The van der Waals surface area contributed by atoms with Crippen molar-refractivity contribution in [1.29, 1.82) is 0 Å². The van der Waals surface area contributed by atoms with E-state index >= 15 is 0 Å². The minimum atomic E-state index is -2.62. The minimum absolute atomic E-state index is 0.167. The molecule has 0 heterocycles. The van der Waals surface area contributed by atoms with Crippen molar-refractivity contribution in [2.24, 2.45) is 5.41 Å². The Kier molecular flexibility index (Phi) is 17.6. The minimum Gasteiger partial charge on any atom is -0.395 e. The van der Waals surface area contributed by atoms with Gasteiger partial charge in [-0.05, 0) is 77.0 Å². The Balaban J connectivity index is 0.00000305. The second-order valence-electron chi connectivity index (χ2n) is 20.4. The second kappa shape index (κ2) is 18.0. The van der Waals surface area contributed by atoms with Crippen LogP contribution in [0.4, 0.5) is 0 Å². The Bertz CT molecular complexity index is 1290. The smallest absolute Gasteiger partial charge is 0.324 e. The molecule has 12 heteroatoms. The number of hydrogen-bond donors (Lipinski definition) is 10. The van der Waals surface area contributed by atoms with Crippen LogP contribution in [0.3, 0.4) is 0 Å². The molecule has 2 aromatic rings. The first-order valence-corrected chi connectivity index (χ1v) is 20.4. The highest BCUT2D eigenvalue weighted by Crippen LogP contribution is 2.56. The standard InChI is InChI=1S/C41H68O4.2H3O3P/c1-34(2,3)26-19-28(36(7,8)9)32(29(20-26)37(10,11)12)41(45,40(23-42,24-43)25-44)33-30(38(13,14)15)21-27(35(4,5)6)22-31(33)39(16,17)18;2*1-4(2)3/h19-22,42-45H,23-25H2,1-18H3;2*1-3H. The van der Waals surface area contributed by atoms with Crippen molar-refractivity contribution in [3.63, 3.8) is 0 Å². The summed E-state index contributed by atoms with van der Waals surface area (Å²) in [6.45, 7) is 37.2. The summed E-state index contributed by atoms with van der Waals surface area (Å²) in [5.41, 5.74) is 1.72. The van der Waals surface area contributed by atoms with Crippen LogP contribution in [0.15, 0.2) is 24.3 Å². The highest BCUT2D eigenvalue weighted by atomic mass is 31.2. The van der Waals surface area contributed by atoms with E-state index in [0.717, 1.165) is 33.4 Å². The van der Waals surface area contributed by atoms with Crippen LogP contribution in [0.2, 0.25) is 0 Å². The molecule has 0 spiro atoms. The summed E-state index contributed by atoms with van der Waals surface area (Å²) < 4.78 is 0. The quantitative estimate of drug-likeness (QED) is 0.135. The Morgan fingerprint density at radius 1 is 0.377 bits per heavy atom. The van der Waals surface area contributed by atoms with Gasteiger partial charge in [-0.15, -0.1) is 0 Å². The molecule has 2 rings (SSSR count). The van der Waals surface area contributed by atoms with Crippen LogP contribution in [0, 0.1) is 5.41 Å². The zero-order valence-electron chi connectivity index (χ0n) is 35.8. The highest BCUT2D eigenvalue weighted by molar-refractivity contribution is 7.38. The van der Waals surface area contributed by atoms with Crippen LogP contribution >= 0.6 is 17.2 Å². The molecule has 0 radical (unpaired) electrons. The normalized spacial score (nSPS) is 13.8. The molecule has 10 N–H and O–H groups in total. The molecule has 10 nitrogen and oxygen atoms in total. The third-order valence-corrected chi connectivity index (χ3v) is 9.64. The fourth-order valence-electron chi connectivity index (χ4n) is 6.44. The van der Waals surface area contributed by atoms with E-state index in [2.05, 4.69) is 149 Å². The van der Waals surface area contributed by atoms with E-state index in [1.165, 1.54) is 0 Å².